The van der Waals surface area contributed by atoms with Gasteiger partial charge in [0, 0.05) is 27.4 Å². The molecule has 0 aromatic heterocycles. The molecule has 0 radical (unpaired) electrons. The van der Waals surface area contributed by atoms with Crippen LogP contribution in [0, 0.1) is 0 Å². The second-order valence-electron chi connectivity index (χ2n) is 5.82. The van der Waals surface area contributed by atoms with E-state index < -0.39 is 0 Å². The van der Waals surface area contributed by atoms with Gasteiger partial charge in [0.15, 0.2) is 12.4 Å². The van der Waals surface area contributed by atoms with E-state index in [-0.39, 0.29) is 23.3 Å². The van der Waals surface area contributed by atoms with Crippen LogP contribution in [0.4, 0.5) is 5.69 Å². The molecule has 0 aliphatic rings. The van der Waals surface area contributed by atoms with Crippen molar-refractivity contribution < 1.29 is 14.3 Å². The Morgan fingerprint density at radius 1 is 0.857 bits per heavy atom. The fourth-order valence-electron chi connectivity index (χ4n) is 2.40. The zero-order chi connectivity index (χ0) is 20.1. The maximum absolute atomic E-state index is 12.4. The maximum Gasteiger partial charge on any atom is 0.257 e. The second kappa shape index (κ2) is 9.11. The predicted octanol–water partition coefficient (Wildman–Crippen LogP) is 6.16. The number of ketones is 1. The molecule has 0 saturated heterocycles. The monoisotopic (exact) mass is 433 g/mol. The first-order chi connectivity index (χ1) is 13.4. The van der Waals surface area contributed by atoms with Crippen LogP contribution in [0.15, 0.2) is 66.7 Å². The van der Waals surface area contributed by atoms with Gasteiger partial charge in [0.2, 0.25) is 0 Å². The van der Waals surface area contributed by atoms with Crippen molar-refractivity contribution >= 4 is 52.2 Å². The third kappa shape index (κ3) is 5.26. The van der Waals surface area contributed by atoms with Crippen molar-refractivity contribution in [2.75, 3.05) is 11.9 Å². The van der Waals surface area contributed by atoms with Crippen LogP contribution in [0.5, 0.6) is 5.75 Å². The molecule has 0 bridgehead atoms. The van der Waals surface area contributed by atoms with Gasteiger partial charge in [-0.05, 0) is 54.6 Å². The Balaban J connectivity index is 1.64. The summed E-state index contributed by atoms with van der Waals surface area (Å²) in [6.45, 7) is -0.137. The van der Waals surface area contributed by atoms with E-state index in [1.54, 1.807) is 60.7 Å². The van der Waals surface area contributed by atoms with E-state index in [1.165, 1.54) is 6.07 Å². The summed E-state index contributed by atoms with van der Waals surface area (Å²) in [6, 6.07) is 17.9. The van der Waals surface area contributed by atoms with Crippen LogP contribution in [-0.4, -0.2) is 18.3 Å². The Labute approximate surface area is 177 Å². The Morgan fingerprint density at radius 3 is 2.29 bits per heavy atom. The molecule has 3 rings (SSSR count). The zero-order valence-corrected chi connectivity index (χ0v) is 16.7. The van der Waals surface area contributed by atoms with Crippen LogP contribution < -0.4 is 10.1 Å². The first kappa shape index (κ1) is 20.2. The molecule has 0 unspecified atom stereocenters. The van der Waals surface area contributed by atoms with E-state index >= 15 is 0 Å². The number of rotatable bonds is 6. The average Bonchev–Trinajstić information content (AvgIpc) is 2.67. The third-order valence-corrected chi connectivity index (χ3v) is 4.60. The number of Topliss-reactive ketones (excluding diaryl/α,β-unsaturated/α-hetero) is 1. The van der Waals surface area contributed by atoms with Gasteiger partial charge < -0.3 is 10.1 Å². The molecular formula is C21H14Cl3NO3. The van der Waals surface area contributed by atoms with Gasteiger partial charge in [0.1, 0.15) is 5.75 Å². The van der Waals surface area contributed by atoms with Crippen molar-refractivity contribution in [2.45, 2.75) is 0 Å². The summed E-state index contributed by atoms with van der Waals surface area (Å²) in [5.41, 5.74) is 1.31. The van der Waals surface area contributed by atoms with Crippen LogP contribution in [0.2, 0.25) is 15.1 Å². The Kier molecular flexibility index (Phi) is 6.57. The van der Waals surface area contributed by atoms with Crippen LogP contribution >= 0.6 is 34.8 Å². The van der Waals surface area contributed by atoms with Crippen molar-refractivity contribution in [2.24, 2.45) is 0 Å². The van der Waals surface area contributed by atoms with Crippen molar-refractivity contribution in [3.63, 3.8) is 0 Å². The molecule has 1 amide bonds. The SMILES string of the molecule is O=C(COc1cccc(NC(=O)c2ccc(Cl)cc2Cl)c1)c1ccc(Cl)cc1. The normalized spacial score (nSPS) is 10.4. The van der Waals surface area contributed by atoms with E-state index in [9.17, 15) is 9.59 Å². The van der Waals surface area contributed by atoms with E-state index in [1.807, 2.05) is 0 Å². The lowest BCUT2D eigenvalue weighted by Crippen LogP contribution is -2.13. The molecule has 0 atom stereocenters. The lowest BCUT2D eigenvalue weighted by atomic mass is 10.1. The number of ether oxygens (including phenoxy) is 1. The Bertz CT molecular complexity index is 1020. The summed E-state index contributed by atoms with van der Waals surface area (Å²) in [5.74, 6) is -0.113. The summed E-state index contributed by atoms with van der Waals surface area (Å²) in [5, 5.41) is 4.00. The summed E-state index contributed by atoms with van der Waals surface area (Å²) in [7, 11) is 0. The summed E-state index contributed by atoms with van der Waals surface area (Å²) >= 11 is 17.7. The second-order valence-corrected chi connectivity index (χ2v) is 7.10. The minimum atomic E-state index is -0.379. The molecular weight excluding hydrogens is 421 g/mol. The van der Waals surface area contributed by atoms with Gasteiger partial charge in [-0.2, -0.15) is 0 Å². The van der Waals surface area contributed by atoms with Gasteiger partial charge >= 0.3 is 0 Å². The minimum Gasteiger partial charge on any atom is -0.485 e. The average molecular weight is 435 g/mol. The molecule has 28 heavy (non-hydrogen) atoms. The number of halogens is 3. The van der Waals surface area contributed by atoms with Crippen molar-refractivity contribution in [1.82, 2.24) is 0 Å². The lowest BCUT2D eigenvalue weighted by Gasteiger charge is -2.10. The fraction of sp³-hybridized carbons (Fsp3) is 0.0476. The van der Waals surface area contributed by atoms with E-state index in [0.717, 1.165) is 0 Å². The molecule has 0 spiro atoms. The van der Waals surface area contributed by atoms with Gasteiger partial charge in [-0.1, -0.05) is 40.9 Å². The maximum atomic E-state index is 12.4. The number of benzene rings is 3. The van der Waals surface area contributed by atoms with Crippen molar-refractivity contribution in [3.8, 4) is 5.75 Å². The number of nitrogens with one attached hydrogen (secondary N) is 1. The van der Waals surface area contributed by atoms with Crippen LogP contribution in [-0.2, 0) is 0 Å². The number of anilines is 1. The molecule has 0 heterocycles. The fourth-order valence-corrected chi connectivity index (χ4v) is 3.02. The molecule has 0 fully saturated rings. The first-order valence-corrected chi connectivity index (χ1v) is 9.34. The number of hydrogen-bond acceptors (Lipinski definition) is 3. The van der Waals surface area contributed by atoms with Crippen molar-refractivity contribution in [1.29, 1.82) is 0 Å². The predicted molar refractivity (Wildman–Crippen MR) is 112 cm³/mol. The smallest absolute Gasteiger partial charge is 0.257 e. The van der Waals surface area contributed by atoms with E-state index in [4.69, 9.17) is 39.5 Å². The van der Waals surface area contributed by atoms with E-state index in [2.05, 4.69) is 5.32 Å². The highest BCUT2D eigenvalue weighted by atomic mass is 35.5. The molecule has 7 heteroatoms. The summed E-state index contributed by atoms with van der Waals surface area (Å²) in [6.07, 6.45) is 0. The summed E-state index contributed by atoms with van der Waals surface area (Å²) < 4.78 is 5.54. The topological polar surface area (TPSA) is 55.4 Å². The van der Waals surface area contributed by atoms with Crippen LogP contribution in [0.1, 0.15) is 20.7 Å². The molecule has 4 nitrogen and oxygen atoms in total. The van der Waals surface area contributed by atoms with Gasteiger partial charge in [-0.25, -0.2) is 0 Å². The molecule has 3 aromatic carbocycles. The first-order valence-electron chi connectivity index (χ1n) is 8.20. The minimum absolute atomic E-state index is 0.137. The highest BCUT2D eigenvalue weighted by Gasteiger charge is 2.12. The molecule has 142 valence electrons. The molecule has 3 aromatic rings. The quantitative estimate of drug-likeness (QED) is 0.473. The van der Waals surface area contributed by atoms with E-state index in [0.29, 0.717) is 32.6 Å². The number of carbonyl (C=O) groups excluding carboxylic acids is 2. The molecule has 1 N–H and O–H groups in total. The summed E-state index contributed by atoms with van der Waals surface area (Å²) in [4.78, 5) is 24.6. The highest BCUT2D eigenvalue weighted by Crippen LogP contribution is 2.23. The highest BCUT2D eigenvalue weighted by molar-refractivity contribution is 6.37. The zero-order valence-electron chi connectivity index (χ0n) is 14.4. The Morgan fingerprint density at radius 2 is 1.57 bits per heavy atom. The molecule has 0 aliphatic heterocycles. The molecule has 0 saturated carbocycles. The number of hydrogen-bond donors (Lipinski definition) is 1. The van der Waals surface area contributed by atoms with Gasteiger partial charge in [0.05, 0.1) is 10.6 Å². The van der Waals surface area contributed by atoms with Crippen molar-refractivity contribution in [3.05, 3.63) is 92.9 Å². The number of carbonyl (C=O) groups is 2. The number of amides is 1. The standard InChI is InChI=1S/C21H14Cl3NO3/c22-14-6-4-13(5-7-14)20(26)12-28-17-3-1-2-16(11-17)25-21(27)18-9-8-15(23)10-19(18)24/h1-11H,12H2,(H,25,27). The lowest BCUT2D eigenvalue weighted by molar-refractivity contribution is 0.0920. The van der Waals surface area contributed by atoms with Gasteiger partial charge in [0.25, 0.3) is 5.91 Å². The van der Waals surface area contributed by atoms with Gasteiger partial charge in [-0.15, -0.1) is 0 Å². The van der Waals surface area contributed by atoms with Gasteiger partial charge in [-0.3, -0.25) is 9.59 Å². The third-order valence-electron chi connectivity index (χ3n) is 3.80. The largest absolute Gasteiger partial charge is 0.485 e. The van der Waals surface area contributed by atoms with Crippen LogP contribution in [0.3, 0.4) is 0 Å². The molecule has 0 aliphatic carbocycles. The Hall–Kier alpha value is -2.53. The van der Waals surface area contributed by atoms with Crippen LogP contribution in [0.25, 0.3) is 0 Å².